The van der Waals surface area contributed by atoms with Crippen LogP contribution in [-0.4, -0.2) is 126 Å². The molecule has 2 fully saturated rings. The zero-order valence-electron chi connectivity index (χ0n) is 34.7. The van der Waals surface area contributed by atoms with E-state index in [4.69, 9.17) is 5.73 Å². The standard InChI is InChI=1S/C46H55FN10O4/c1-2-31-6-5-7-34(24-31)35-27-41(51-15-14-48)43(52-29-35)46(61)56-18-12-32(13-19-56)28-49-16-17-50-30-42(58)55-20-22-57(23-21-55)45(60)38-25-33(10-11-39(38)47)26-40-36-8-3-4-9-37(36)44(59)54-53-40/h3-11,24-25,27,29,32,49-51H,2,12-23,26,28,30,48H2,1H3,(H,54,59). The summed E-state index contributed by atoms with van der Waals surface area (Å²) in [7, 11) is 0. The molecule has 2 aromatic heterocycles. The number of rotatable bonds is 16. The smallest absolute Gasteiger partial charge is 0.274 e. The lowest BCUT2D eigenvalue weighted by Crippen LogP contribution is -2.52. The van der Waals surface area contributed by atoms with Crippen molar-refractivity contribution in [3.8, 4) is 11.1 Å². The Bertz CT molecular complexity index is 2390. The van der Waals surface area contributed by atoms with Gasteiger partial charge in [-0.3, -0.25) is 19.2 Å². The maximum Gasteiger partial charge on any atom is 0.274 e. The number of H-pyrrole nitrogens is 1. The number of nitrogens with one attached hydrogen (secondary N) is 4. The number of hydrogen-bond donors (Lipinski definition) is 5. The molecule has 0 saturated carbocycles. The normalized spacial score (nSPS) is 14.7. The van der Waals surface area contributed by atoms with Gasteiger partial charge in [0.2, 0.25) is 5.91 Å². The van der Waals surface area contributed by atoms with Gasteiger partial charge in [0.25, 0.3) is 17.4 Å². The molecule has 0 spiro atoms. The predicted octanol–water partition coefficient (Wildman–Crippen LogP) is 3.66. The molecule has 0 aliphatic carbocycles. The number of carbonyl (C=O) groups is 3. The van der Waals surface area contributed by atoms with Crippen LogP contribution in [0.1, 0.15) is 57.4 Å². The van der Waals surface area contributed by atoms with Gasteiger partial charge in [0.15, 0.2) is 5.69 Å². The zero-order chi connectivity index (χ0) is 42.7. The maximum absolute atomic E-state index is 15.0. The average molecular weight is 831 g/mol. The van der Waals surface area contributed by atoms with Gasteiger partial charge in [0.1, 0.15) is 5.82 Å². The second-order valence-electron chi connectivity index (χ2n) is 15.7. The van der Waals surface area contributed by atoms with Gasteiger partial charge in [-0.1, -0.05) is 55.5 Å². The van der Waals surface area contributed by atoms with Crippen molar-refractivity contribution in [1.29, 1.82) is 0 Å². The molecule has 0 unspecified atom stereocenters. The summed E-state index contributed by atoms with van der Waals surface area (Å²) < 4.78 is 15.0. The SMILES string of the molecule is CCc1cccc(-c2cnc(C(=O)N3CCC(CNCCNCC(=O)N4CCN(C(=O)c5cc(Cc6n[nH]c(=O)c7ccccc67)ccc5F)CC4)CC3)c(NCCN)c2)c1. The predicted molar refractivity (Wildman–Crippen MR) is 235 cm³/mol. The molecule has 2 aliphatic rings. The van der Waals surface area contributed by atoms with Gasteiger partial charge in [0.05, 0.1) is 28.9 Å². The summed E-state index contributed by atoms with van der Waals surface area (Å²) in [5, 5.41) is 18.0. The van der Waals surface area contributed by atoms with Crippen molar-refractivity contribution in [2.75, 3.05) is 83.9 Å². The lowest BCUT2D eigenvalue weighted by Gasteiger charge is -2.35. The third-order valence-corrected chi connectivity index (χ3v) is 11.6. The van der Waals surface area contributed by atoms with Crippen molar-refractivity contribution in [2.24, 2.45) is 11.7 Å². The van der Waals surface area contributed by atoms with Crippen LogP contribution < -0.4 is 27.2 Å². The van der Waals surface area contributed by atoms with Crippen molar-refractivity contribution < 1.29 is 18.8 Å². The largest absolute Gasteiger partial charge is 0.382 e. The molecule has 3 aromatic carbocycles. The highest BCUT2D eigenvalue weighted by Crippen LogP contribution is 2.27. The number of amides is 3. The number of hydrogen-bond acceptors (Lipinski definition) is 10. The molecule has 2 saturated heterocycles. The van der Waals surface area contributed by atoms with E-state index in [0.717, 1.165) is 36.9 Å². The fraction of sp³-hybridized carbons (Fsp3) is 0.391. The molecular weight excluding hydrogens is 776 g/mol. The minimum Gasteiger partial charge on any atom is -0.382 e. The number of aromatic amines is 1. The number of piperazine rings is 1. The average Bonchev–Trinajstić information content (AvgIpc) is 3.30. The first kappa shape index (κ1) is 43.1. The van der Waals surface area contributed by atoms with Crippen molar-refractivity contribution in [1.82, 2.24) is 40.5 Å². The second kappa shape index (κ2) is 20.5. The summed E-state index contributed by atoms with van der Waals surface area (Å²) in [6, 6.07) is 22.0. The van der Waals surface area contributed by atoms with Gasteiger partial charge in [-0.05, 0) is 72.7 Å². The van der Waals surface area contributed by atoms with Gasteiger partial charge < -0.3 is 36.4 Å². The van der Waals surface area contributed by atoms with Crippen LogP contribution in [0.25, 0.3) is 21.9 Å². The summed E-state index contributed by atoms with van der Waals surface area (Å²) in [5.74, 6) is -0.723. The Labute approximate surface area is 355 Å². The lowest BCUT2D eigenvalue weighted by molar-refractivity contribution is -0.131. The van der Waals surface area contributed by atoms with E-state index in [1.54, 1.807) is 40.3 Å². The van der Waals surface area contributed by atoms with Crippen molar-refractivity contribution in [3.05, 3.63) is 123 Å². The fourth-order valence-electron chi connectivity index (χ4n) is 8.06. The minimum absolute atomic E-state index is 0.0305. The Morgan fingerprint density at radius 1 is 0.803 bits per heavy atom. The summed E-state index contributed by atoms with van der Waals surface area (Å²) in [6.07, 6.45) is 4.80. The molecule has 4 heterocycles. The van der Waals surface area contributed by atoms with Crippen LogP contribution in [0, 0.1) is 11.7 Å². The quantitative estimate of drug-likeness (QED) is 0.0922. The monoisotopic (exact) mass is 830 g/mol. The number of anilines is 1. The molecule has 2 aliphatic heterocycles. The zero-order valence-corrected chi connectivity index (χ0v) is 34.7. The molecule has 15 heteroatoms. The number of likely N-dealkylation sites (tertiary alicyclic amines) is 1. The molecule has 3 amide bonds. The van der Waals surface area contributed by atoms with Gasteiger partial charge in [0, 0.05) is 89.0 Å². The number of fused-ring (bicyclic) bond motifs is 1. The van der Waals surface area contributed by atoms with E-state index >= 15 is 0 Å². The number of halogens is 1. The Balaban J connectivity index is 0.802. The number of carbonyl (C=O) groups excluding carboxylic acids is 3. The fourth-order valence-corrected chi connectivity index (χ4v) is 8.06. The first-order valence-corrected chi connectivity index (χ1v) is 21.3. The van der Waals surface area contributed by atoms with Crippen LogP contribution >= 0.6 is 0 Å². The van der Waals surface area contributed by atoms with Crippen molar-refractivity contribution in [2.45, 2.75) is 32.6 Å². The van der Waals surface area contributed by atoms with E-state index < -0.39 is 11.7 Å². The van der Waals surface area contributed by atoms with Gasteiger partial charge in [-0.25, -0.2) is 14.5 Å². The summed E-state index contributed by atoms with van der Waals surface area (Å²) in [6.45, 7) is 8.06. The van der Waals surface area contributed by atoms with E-state index in [1.807, 2.05) is 29.2 Å². The molecule has 0 atom stereocenters. The van der Waals surface area contributed by atoms with E-state index in [1.165, 1.54) is 11.6 Å². The third kappa shape index (κ3) is 10.7. The van der Waals surface area contributed by atoms with Crippen LogP contribution in [0.4, 0.5) is 10.1 Å². The topological polar surface area (TPSA) is 182 Å². The molecule has 6 N–H and O–H groups in total. The minimum atomic E-state index is -0.612. The van der Waals surface area contributed by atoms with Gasteiger partial charge in [-0.2, -0.15) is 5.10 Å². The van der Waals surface area contributed by atoms with Crippen molar-refractivity contribution in [3.63, 3.8) is 0 Å². The number of aromatic nitrogens is 3. The Kier molecular flexibility index (Phi) is 14.5. The highest BCUT2D eigenvalue weighted by molar-refractivity contribution is 5.98. The molecule has 14 nitrogen and oxygen atoms in total. The van der Waals surface area contributed by atoms with Crippen LogP contribution in [0.15, 0.2) is 83.8 Å². The van der Waals surface area contributed by atoms with Crippen molar-refractivity contribution >= 4 is 34.2 Å². The molecular formula is C46H55FN10O4. The number of nitrogens with two attached hydrogens (primary N) is 1. The molecule has 0 radical (unpaired) electrons. The Morgan fingerprint density at radius 2 is 1.54 bits per heavy atom. The lowest BCUT2D eigenvalue weighted by atomic mass is 9.96. The number of piperidine rings is 1. The molecule has 61 heavy (non-hydrogen) atoms. The van der Waals surface area contributed by atoms with E-state index in [2.05, 4.69) is 56.3 Å². The number of pyridine rings is 1. The Morgan fingerprint density at radius 3 is 2.31 bits per heavy atom. The molecule has 0 bridgehead atoms. The van der Waals surface area contributed by atoms with E-state index in [9.17, 15) is 23.6 Å². The van der Waals surface area contributed by atoms with Gasteiger partial charge in [-0.15, -0.1) is 0 Å². The van der Waals surface area contributed by atoms with Crippen LogP contribution in [0.2, 0.25) is 0 Å². The van der Waals surface area contributed by atoms with Crippen LogP contribution in [0.3, 0.4) is 0 Å². The van der Waals surface area contributed by atoms with E-state index in [0.29, 0.717) is 111 Å². The van der Waals surface area contributed by atoms with Crippen LogP contribution in [-0.2, 0) is 17.6 Å². The molecule has 320 valence electrons. The first-order valence-electron chi connectivity index (χ1n) is 21.3. The maximum atomic E-state index is 15.0. The summed E-state index contributed by atoms with van der Waals surface area (Å²) in [4.78, 5) is 62.1. The number of aryl methyl sites for hydroxylation is 1. The number of nitrogens with zero attached hydrogens (tertiary/aromatic N) is 5. The second-order valence-corrected chi connectivity index (χ2v) is 15.7. The Hall–Kier alpha value is -6.03. The summed E-state index contributed by atoms with van der Waals surface area (Å²) in [5.41, 5.74) is 11.2. The highest BCUT2D eigenvalue weighted by Gasteiger charge is 2.28. The van der Waals surface area contributed by atoms with Crippen LogP contribution in [0.5, 0.6) is 0 Å². The first-order chi connectivity index (χ1) is 29.7. The molecule has 7 rings (SSSR count). The summed E-state index contributed by atoms with van der Waals surface area (Å²) >= 11 is 0. The van der Waals surface area contributed by atoms with Gasteiger partial charge >= 0.3 is 0 Å². The third-order valence-electron chi connectivity index (χ3n) is 11.6. The molecule has 5 aromatic rings. The van der Waals surface area contributed by atoms with E-state index in [-0.39, 0.29) is 29.5 Å². The highest BCUT2D eigenvalue weighted by atomic mass is 19.1. The number of benzene rings is 3.